The van der Waals surface area contributed by atoms with E-state index in [-0.39, 0.29) is 18.2 Å². The molecule has 4 rings (SSSR count). The van der Waals surface area contributed by atoms with Gasteiger partial charge in [0.2, 0.25) is 0 Å². The molecule has 0 radical (unpaired) electrons. The number of nitrogens with zero attached hydrogens (tertiary/aromatic N) is 3. The van der Waals surface area contributed by atoms with Gasteiger partial charge in [-0.2, -0.15) is 10.5 Å². The lowest BCUT2D eigenvalue weighted by atomic mass is 9.94. The van der Waals surface area contributed by atoms with Gasteiger partial charge in [0.05, 0.1) is 48.1 Å². The molecule has 2 unspecified atom stereocenters. The summed E-state index contributed by atoms with van der Waals surface area (Å²) in [6.45, 7) is 3.96. The van der Waals surface area contributed by atoms with Gasteiger partial charge in [0, 0.05) is 6.07 Å². The molecule has 0 fully saturated rings. The summed E-state index contributed by atoms with van der Waals surface area (Å²) in [4.78, 5) is 5.04. The normalized spacial score (nSPS) is 17.0. The summed E-state index contributed by atoms with van der Waals surface area (Å²) in [5, 5.41) is 21.9. The van der Waals surface area contributed by atoms with E-state index in [0.717, 1.165) is 22.5 Å². The monoisotopic (exact) mass is 436 g/mol. The summed E-state index contributed by atoms with van der Waals surface area (Å²) in [5.41, 5.74) is 4.06. The molecule has 2 atom stereocenters. The number of methoxy groups -OCH3 is 1. The maximum Gasteiger partial charge on any atom is 0.134 e. The van der Waals surface area contributed by atoms with E-state index in [1.807, 2.05) is 68.4 Å². The van der Waals surface area contributed by atoms with Crippen molar-refractivity contribution in [3.8, 4) is 23.6 Å². The average Bonchev–Trinajstić information content (AvgIpc) is 3.29. The lowest BCUT2D eigenvalue weighted by Gasteiger charge is -2.20. The van der Waals surface area contributed by atoms with Gasteiger partial charge in [0.25, 0.3) is 0 Å². The Kier molecular flexibility index (Phi) is 6.29. The van der Waals surface area contributed by atoms with Crippen molar-refractivity contribution >= 4 is 5.84 Å². The first-order valence-corrected chi connectivity index (χ1v) is 10.7. The molecule has 1 aliphatic heterocycles. The average molecular weight is 437 g/mol. The molecule has 3 aromatic rings. The van der Waals surface area contributed by atoms with E-state index in [1.54, 1.807) is 19.2 Å². The SMILES string of the molecule is COc1ccc(C2=NC(c3ccc(C#N)cc3)C(c3ccc(C#N)cc3)N2)c(OC(C)C)c1. The second-order valence-corrected chi connectivity index (χ2v) is 8.04. The number of nitrogens with one attached hydrogen (secondary N) is 1. The Morgan fingerprint density at radius 3 is 2.03 bits per heavy atom. The first-order chi connectivity index (χ1) is 16.0. The number of rotatable bonds is 6. The number of benzene rings is 3. The zero-order valence-corrected chi connectivity index (χ0v) is 18.7. The van der Waals surface area contributed by atoms with E-state index < -0.39 is 0 Å². The lowest BCUT2D eigenvalue weighted by molar-refractivity contribution is 0.240. The summed E-state index contributed by atoms with van der Waals surface area (Å²) in [5.74, 6) is 2.12. The van der Waals surface area contributed by atoms with Gasteiger partial charge < -0.3 is 14.8 Å². The van der Waals surface area contributed by atoms with Gasteiger partial charge in [0.1, 0.15) is 23.4 Å². The first-order valence-electron chi connectivity index (χ1n) is 10.7. The van der Waals surface area contributed by atoms with Gasteiger partial charge in [-0.05, 0) is 61.4 Å². The van der Waals surface area contributed by atoms with Gasteiger partial charge in [0.15, 0.2) is 0 Å². The molecule has 0 aromatic heterocycles. The highest BCUT2D eigenvalue weighted by molar-refractivity contribution is 6.03. The zero-order chi connectivity index (χ0) is 23.4. The molecular weight excluding hydrogens is 412 g/mol. The summed E-state index contributed by atoms with van der Waals surface area (Å²) >= 11 is 0. The van der Waals surface area contributed by atoms with E-state index in [4.69, 9.17) is 19.7 Å². The Morgan fingerprint density at radius 1 is 0.879 bits per heavy atom. The number of hydrogen-bond donors (Lipinski definition) is 1. The van der Waals surface area contributed by atoms with Crippen LogP contribution in [-0.2, 0) is 0 Å². The van der Waals surface area contributed by atoms with Crippen LogP contribution in [0.2, 0.25) is 0 Å². The van der Waals surface area contributed by atoms with E-state index in [9.17, 15) is 5.26 Å². The van der Waals surface area contributed by atoms with Crippen LogP contribution in [-0.4, -0.2) is 19.0 Å². The summed E-state index contributed by atoms with van der Waals surface area (Å²) < 4.78 is 11.5. The van der Waals surface area contributed by atoms with Crippen LogP contribution in [0.1, 0.15) is 53.7 Å². The van der Waals surface area contributed by atoms with Gasteiger partial charge in [-0.25, -0.2) is 0 Å². The minimum absolute atomic E-state index is 0.0125. The zero-order valence-electron chi connectivity index (χ0n) is 18.7. The van der Waals surface area contributed by atoms with Gasteiger partial charge >= 0.3 is 0 Å². The minimum Gasteiger partial charge on any atom is -0.497 e. The van der Waals surface area contributed by atoms with Gasteiger partial charge in [-0.1, -0.05) is 24.3 Å². The molecule has 0 spiro atoms. The first kappa shape index (κ1) is 21.9. The van der Waals surface area contributed by atoms with Crippen molar-refractivity contribution in [2.75, 3.05) is 7.11 Å². The Labute approximate surface area is 193 Å². The summed E-state index contributed by atoms with van der Waals surface area (Å²) in [6.07, 6.45) is -0.0125. The second-order valence-electron chi connectivity index (χ2n) is 8.04. The molecule has 0 saturated heterocycles. The van der Waals surface area contributed by atoms with E-state index in [0.29, 0.717) is 22.6 Å². The van der Waals surface area contributed by atoms with Crippen LogP contribution in [0.3, 0.4) is 0 Å². The third-order valence-electron chi connectivity index (χ3n) is 5.46. The Bertz CT molecular complexity index is 1250. The Hall–Kier alpha value is -4.29. The molecule has 6 heteroatoms. The molecule has 0 saturated carbocycles. The minimum atomic E-state index is -0.213. The maximum atomic E-state index is 9.17. The Balaban J connectivity index is 1.78. The van der Waals surface area contributed by atoms with E-state index in [1.165, 1.54) is 0 Å². The third-order valence-corrected chi connectivity index (χ3v) is 5.46. The van der Waals surface area contributed by atoms with Crippen molar-refractivity contribution in [2.24, 2.45) is 4.99 Å². The molecular formula is C27H24N4O2. The van der Waals surface area contributed by atoms with Crippen LogP contribution in [0, 0.1) is 22.7 Å². The van der Waals surface area contributed by atoms with Crippen LogP contribution < -0.4 is 14.8 Å². The van der Waals surface area contributed by atoms with Gasteiger partial charge in [-0.15, -0.1) is 0 Å². The molecule has 1 N–H and O–H groups in total. The fourth-order valence-electron chi connectivity index (χ4n) is 3.85. The maximum absolute atomic E-state index is 9.17. The number of amidine groups is 1. The fraction of sp³-hybridized carbons (Fsp3) is 0.222. The lowest BCUT2D eigenvalue weighted by Crippen LogP contribution is -2.26. The highest BCUT2D eigenvalue weighted by Crippen LogP contribution is 2.39. The number of ether oxygens (including phenoxy) is 2. The molecule has 1 heterocycles. The summed E-state index contributed by atoms with van der Waals surface area (Å²) in [7, 11) is 1.63. The number of aliphatic imine (C=N–C) groups is 1. The van der Waals surface area contributed by atoms with Crippen LogP contribution >= 0.6 is 0 Å². The van der Waals surface area contributed by atoms with Crippen molar-refractivity contribution in [1.29, 1.82) is 10.5 Å². The van der Waals surface area contributed by atoms with Crippen molar-refractivity contribution in [2.45, 2.75) is 32.0 Å². The second kappa shape index (κ2) is 9.46. The van der Waals surface area contributed by atoms with E-state index >= 15 is 0 Å². The molecule has 164 valence electrons. The molecule has 0 amide bonds. The fourth-order valence-corrected chi connectivity index (χ4v) is 3.85. The van der Waals surface area contributed by atoms with E-state index in [2.05, 4.69) is 17.5 Å². The highest BCUT2D eigenvalue weighted by atomic mass is 16.5. The van der Waals surface area contributed by atoms with Crippen molar-refractivity contribution in [3.63, 3.8) is 0 Å². The number of hydrogen-bond acceptors (Lipinski definition) is 6. The predicted octanol–water partition coefficient (Wildman–Crippen LogP) is 5.06. The third kappa shape index (κ3) is 4.66. The van der Waals surface area contributed by atoms with Crippen molar-refractivity contribution in [1.82, 2.24) is 5.32 Å². The highest BCUT2D eigenvalue weighted by Gasteiger charge is 2.33. The van der Waals surface area contributed by atoms with Crippen LogP contribution in [0.15, 0.2) is 71.7 Å². The van der Waals surface area contributed by atoms with Crippen molar-refractivity contribution in [3.05, 3.63) is 94.5 Å². The summed E-state index contributed by atoms with van der Waals surface area (Å²) in [6, 6.07) is 24.7. The Morgan fingerprint density at radius 2 is 1.48 bits per heavy atom. The molecule has 1 aliphatic rings. The molecule has 0 bridgehead atoms. The smallest absolute Gasteiger partial charge is 0.134 e. The standard InChI is InChI=1S/C27H24N4O2/c1-17(2)33-24-14-22(32-3)12-13-23(24)27-30-25(20-8-4-18(15-28)5-9-20)26(31-27)21-10-6-19(16-29)7-11-21/h4-14,17,25-26H,1-3H3,(H,30,31). The van der Waals surface area contributed by atoms with Crippen LogP contribution in [0.25, 0.3) is 0 Å². The molecule has 3 aromatic carbocycles. The van der Waals surface area contributed by atoms with Gasteiger partial charge in [-0.3, -0.25) is 4.99 Å². The predicted molar refractivity (Wildman–Crippen MR) is 126 cm³/mol. The van der Waals surface area contributed by atoms with Crippen LogP contribution in [0.4, 0.5) is 0 Å². The number of nitriles is 2. The topological polar surface area (TPSA) is 90.4 Å². The molecule has 0 aliphatic carbocycles. The molecule has 6 nitrogen and oxygen atoms in total. The van der Waals surface area contributed by atoms with Crippen molar-refractivity contribution < 1.29 is 9.47 Å². The quantitative estimate of drug-likeness (QED) is 0.583. The largest absolute Gasteiger partial charge is 0.497 e. The molecule has 33 heavy (non-hydrogen) atoms. The van der Waals surface area contributed by atoms with Crippen LogP contribution in [0.5, 0.6) is 11.5 Å².